The lowest BCUT2D eigenvalue weighted by molar-refractivity contribution is 0.0759. The molecule has 4 rings (SSSR count). The van der Waals surface area contributed by atoms with Crippen molar-refractivity contribution in [3.63, 3.8) is 0 Å². The first-order chi connectivity index (χ1) is 13.8. The molecular weight excluding hydrogens is 414 g/mol. The number of aryl methyl sites for hydroxylation is 1. The topological polar surface area (TPSA) is 139 Å². The molecule has 1 amide bonds. The highest BCUT2D eigenvalue weighted by Gasteiger charge is 2.29. The summed E-state index contributed by atoms with van der Waals surface area (Å²) in [5, 5.41) is 20.9. The first kappa shape index (κ1) is 19.4. The van der Waals surface area contributed by atoms with Gasteiger partial charge >= 0.3 is 0 Å². The number of aliphatic hydroxyl groups excluding tert-OH is 1. The maximum atomic E-state index is 12.8. The van der Waals surface area contributed by atoms with Gasteiger partial charge in [0.05, 0.1) is 22.9 Å². The number of sulfonamides is 1. The van der Waals surface area contributed by atoms with Gasteiger partial charge in [-0.1, -0.05) is 6.07 Å². The van der Waals surface area contributed by atoms with E-state index < -0.39 is 22.0 Å². The second kappa shape index (κ2) is 7.14. The summed E-state index contributed by atoms with van der Waals surface area (Å²) >= 11 is 0.848. The number of H-pyrrole nitrogens is 1. The Morgan fingerprint density at radius 1 is 1.48 bits per heavy atom. The van der Waals surface area contributed by atoms with E-state index in [0.29, 0.717) is 29.4 Å². The highest BCUT2D eigenvalue weighted by atomic mass is 32.2. The number of β-amino-alcohol motifs (C(OH)–C–C–N with tert-alkyl or cyclic N) is 1. The number of carbonyl (C=O) groups is 1. The van der Waals surface area contributed by atoms with Crippen molar-refractivity contribution in [2.75, 3.05) is 17.8 Å². The molecule has 1 aromatic carbocycles. The van der Waals surface area contributed by atoms with E-state index in [2.05, 4.69) is 20.8 Å². The number of nitrogens with zero attached hydrogens (tertiary/aromatic N) is 3. The molecule has 0 bridgehead atoms. The van der Waals surface area contributed by atoms with E-state index >= 15 is 0 Å². The molecule has 1 aliphatic heterocycles. The quantitative estimate of drug-likeness (QED) is 0.576. The maximum Gasteiger partial charge on any atom is 0.289 e. The molecule has 29 heavy (non-hydrogen) atoms. The Hall–Kier alpha value is -2.94. The molecule has 3 N–H and O–H groups in total. The van der Waals surface area contributed by atoms with Crippen molar-refractivity contribution in [2.45, 2.75) is 23.8 Å². The van der Waals surface area contributed by atoms with E-state index in [-0.39, 0.29) is 22.3 Å². The standard InChI is InChI=1S/C18H17N5O4S2/c1-10-2-3-13(16-15(10)11(6-19)7-20-16)22-29(26,27)18-21-14(9-28-18)17(25)23-5-4-12(24)8-23/h2-3,7,9,12,20,22,24H,4-5,8H2,1H3. The van der Waals surface area contributed by atoms with Crippen LogP contribution in [0.5, 0.6) is 0 Å². The van der Waals surface area contributed by atoms with Crippen LogP contribution in [0.1, 0.15) is 28.0 Å². The number of thiazole rings is 1. The summed E-state index contributed by atoms with van der Waals surface area (Å²) < 4.78 is 27.9. The third kappa shape index (κ3) is 3.46. The number of aliphatic hydroxyl groups is 1. The minimum atomic E-state index is -4.03. The smallest absolute Gasteiger partial charge is 0.289 e. The van der Waals surface area contributed by atoms with Crippen LogP contribution in [0.15, 0.2) is 28.0 Å². The summed E-state index contributed by atoms with van der Waals surface area (Å²) in [6.07, 6.45) is 1.46. The van der Waals surface area contributed by atoms with Gasteiger partial charge in [-0.25, -0.2) is 4.98 Å². The Morgan fingerprint density at radius 3 is 2.97 bits per heavy atom. The molecule has 0 radical (unpaired) electrons. The van der Waals surface area contributed by atoms with Crippen LogP contribution in [0, 0.1) is 18.3 Å². The molecule has 1 unspecified atom stereocenters. The molecule has 1 atom stereocenters. The third-order valence-corrected chi connectivity index (χ3v) is 7.41. The fourth-order valence-electron chi connectivity index (χ4n) is 3.35. The fourth-order valence-corrected chi connectivity index (χ4v) is 5.41. The second-order valence-electron chi connectivity index (χ2n) is 6.79. The zero-order valence-electron chi connectivity index (χ0n) is 15.3. The number of rotatable bonds is 4. The SMILES string of the molecule is Cc1ccc(NS(=O)(=O)c2nc(C(=O)N3CCC(O)C3)cs2)c2[nH]cc(C#N)c12. The lowest BCUT2D eigenvalue weighted by Gasteiger charge is -2.13. The summed E-state index contributed by atoms with van der Waals surface area (Å²) in [6.45, 7) is 2.46. The lowest BCUT2D eigenvalue weighted by Crippen LogP contribution is -2.29. The van der Waals surface area contributed by atoms with E-state index in [1.54, 1.807) is 12.1 Å². The van der Waals surface area contributed by atoms with Crippen molar-refractivity contribution >= 4 is 43.9 Å². The average molecular weight is 431 g/mol. The number of amides is 1. The van der Waals surface area contributed by atoms with Gasteiger partial charge in [0.2, 0.25) is 4.34 Å². The molecule has 0 aliphatic carbocycles. The normalized spacial score (nSPS) is 16.9. The molecule has 3 heterocycles. The zero-order valence-corrected chi connectivity index (χ0v) is 17.0. The number of fused-ring (bicyclic) bond motifs is 1. The van der Waals surface area contributed by atoms with Crippen molar-refractivity contribution in [3.05, 3.63) is 40.5 Å². The largest absolute Gasteiger partial charge is 0.391 e. The van der Waals surface area contributed by atoms with Crippen LogP contribution in [0.3, 0.4) is 0 Å². The highest BCUT2D eigenvalue weighted by molar-refractivity contribution is 7.94. The van der Waals surface area contributed by atoms with Gasteiger partial charge in [0.15, 0.2) is 0 Å². The van der Waals surface area contributed by atoms with Crippen molar-refractivity contribution < 1.29 is 18.3 Å². The number of nitrogens with one attached hydrogen (secondary N) is 2. The molecule has 0 saturated carbocycles. The number of nitriles is 1. The van der Waals surface area contributed by atoms with Gasteiger partial charge in [-0.05, 0) is 25.0 Å². The number of likely N-dealkylation sites (tertiary alicyclic amines) is 1. The van der Waals surface area contributed by atoms with Crippen LogP contribution in [0.4, 0.5) is 5.69 Å². The molecule has 0 spiro atoms. The molecule has 1 fully saturated rings. The van der Waals surface area contributed by atoms with Gasteiger partial charge in [0, 0.05) is 30.1 Å². The Balaban J connectivity index is 1.62. The lowest BCUT2D eigenvalue weighted by atomic mass is 10.1. The Morgan fingerprint density at radius 2 is 2.28 bits per heavy atom. The maximum absolute atomic E-state index is 12.8. The Kier molecular flexibility index (Phi) is 4.77. The highest BCUT2D eigenvalue weighted by Crippen LogP contribution is 2.30. The zero-order chi connectivity index (χ0) is 20.8. The summed E-state index contributed by atoms with van der Waals surface area (Å²) in [5.74, 6) is -0.403. The monoisotopic (exact) mass is 431 g/mol. The van der Waals surface area contributed by atoms with Gasteiger partial charge in [-0.15, -0.1) is 11.3 Å². The van der Waals surface area contributed by atoms with Crippen LogP contribution in [0.2, 0.25) is 0 Å². The summed E-state index contributed by atoms with van der Waals surface area (Å²) in [5.41, 5.74) is 2.09. The minimum absolute atomic E-state index is 0.0326. The molecule has 1 saturated heterocycles. The summed E-state index contributed by atoms with van der Waals surface area (Å²) in [7, 11) is -4.03. The van der Waals surface area contributed by atoms with E-state index in [1.807, 2.05) is 6.92 Å². The van der Waals surface area contributed by atoms with Crippen LogP contribution < -0.4 is 4.72 Å². The van der Waals surface area contributed by atoms with E-state index in [1.165, 1.54) is 16.5 Å². The number of benzene rings is 1. The minimum Gasteiger partial charge on any atom is -0.391 e. The first-order valence-electron chi connectivity index (χ1n) is 8.76. The number of hydrogen-bond donors (Lipinski definition) is 3. The van der Waals surface area contributed by atoms with Crippen molar-refractivity contribution in [3.8, 4) is 6.07 Å². The van der Waals surface area contributed by atoms with Crippen LogP contribution >= 0.6 is 11.3 Å². The van der Waals surface area contributed by atoms with Gasteiger partial charge in [0.1, 0.15) is 11.8 Å². The first-order valence-corrected chi connectivity index (χ1v) is 11.1. The third-order valence-electron chi connectivity index (χ3n) is 4.79. The molecule has 11 heteroatoms. The number of anilines is 1. The molecular formula is C18H17N5O4S2. The predicted octanol–water partition coefficient (Wildman–Crippen LogP) is 1.81. The van der Waals surface area contributed by atoms with Crippen molar-refractivity contribution in [1.29, 1.82) is 5.26 Å². The van der Waals surface area contributed by atoms with Crippen LogP contribution in [-0.4, -0.2) is 53.5 Å². The molecule has 1 aliphatic rings. The van der Waals surface area contributed by atoms with Gasteiger partial charge < -0.3 is 15.0 Å². The number of aromatic amines is 1. The number of carbonyl (C=O) groups excluding carboxylic acids is 1. The number of hydrogen-bond acceptors (Lipinski definition) is 7. The predicted molar refractivity (Wildman–Crippen MR) is 107 cm³/mol. The van der Waals surface area contributed by atoms with Gasteiger partial charge in [-0.2, -0.15) is 13.7 Å². The Bertz CT molecular complexity index is 1260. The van der Waals surface area contributed by atoms with Crippen LogP contribution in [-0.2, 0) is 10.0 Å². The van der Waals surface area contributed by atoms with Gasteiger partial charge in [-0.3, -0.25) is 9.52 Å². The molecule has 2 aromatic heterocycles. The summed E-state index contributed by atoms with van der Waals surface area (Å²) in [4.78, 5) is 20.8. The average Bonchev–Trinajstić information content (AvgIpc) is 3.42. The molecule has 3 aromatic rings. The van der Waals surface area contributed by atoms with E-state index in [4.69, 9.17) is 0 Å². The molecule has 150 valence electrons. The number of aromatic nitrogens is 2. The summed E-state index contributed by atoms with van der Waals surface area (Å²) in [6, 6.07) is 5.42. The van der Waals surface area contributed by atoms with Gasteiger partial charge in [0.25, 0.3) is 15.9 Å². The fraction of sp³-hybridized carbons (Fsp3) is 0.278. The Labute approximate surface area is 170 Å². The molecule has 9 nitrogen and oxygen atoms in total. The van der Waals surface area contributed by atoms with Crippen LogP contribution in [0.25, 0.3) is 10.9 Å². The van der Waals surface area contributed by atoms with Crippen molar-refractivity contribution in [1.82, 2.24) is 14.9 Å². The second-order valence-corrected chi connectivity index (χ2v) is 9.51. The van der Waals surface area contributed by atoms with Crippen molar-refractivity contribution in [2.24, 2.45) is 0 Å². The van der Waals surface area contributed by atoms with E-state index in [9.17, 15) is 23.6 Å². The van der Waals surface area contributed by atoms with E-state index in [0.717, 1.165) is 16.9 Å².